The number of aromatic hydroxyl groups is 1. The minimum atomic E-state index is -0.473. The molecule has 0 radical (unpaired) electrons. The first-order chi connectivity index (χ1) is 13.3. The molecule has 0 bridgehead atoms. The summed E-state index contributed by atoms with van der Waals surface area (Å²) in [6, 6.07) is 7.91. The monoisotopic (exact) mass is 394 g/mol. The first kappa shape index (κ1) is 22.7. The van der Waals surface area contributed by atoms with E-state index in [2.05, 4.69) is 68.0 Å². The Morgan fingerprint density at radius 3 is 2.21 bits per heavy atom. The van der Waals surface area contributed by atoms with E-state index in [1.807, 2.05) is 18.2 Å². The smallest absolute Gasteiger partial charge is 0.335 e. The predicted octanol–water partition coefficient (Wildman–Crippen LogP) is 6.29. The van der Waals surface area contributed by atoms with Crippen LogP contribution in [0.15, 0.2) is 36.9 Å². The van der Waals surface area contributed by atoms with E-state index in [1.165, 1.54) is 6.08 Å². The summed E-state index contributed by atoms with van der Waals surface area (Å²) in [5.74, 6) is 0.417. The summed E-state index contributed by atoms with van der Waals surface area (Å²) in [7, 11) is 0. The van der Waals surface area contributed by atoms with Gasteiger partial charge in [-0.2, -0.15) is 0 Å². The van der Waals surface area contributed by atoms with Crippen LogP contribution < -0.4 is 4.74 Å². The molecule has 156 valence electrons. The fraction of sp³-hybridized carbons (Fsp3) is 0.423. The molecule has 0 aromatic heterocycles. The van der Waals surface area contributed by atoms with Crippen molar-refractivity contribution in [2.45, 2.75) is 72.6 Å². The zero-order chi connectivity index (χ0) is 22.1. The second-order valence-corrected chi connectivity index (χ2v) is 9.86. The first-order valence-electron chi connectivity index (χ1n) is 10.1. The number of rotatable bonds is 4. The van der Waals surface area contributed by atoms with Crippen LogP contribution in [0.25, 0.3) is 0 Å². The van der Waals surface area contributed by atoms with E-state index < -0.39 is 5.97 Å². The number of carbonyl (C=O) groups is 1. The molecule has 0 heterocycles. The molecule has 0 fully saturated rings. The van der Waals surface area contributed by atoms with Crippen molar-refractivity contribution in [3.8, 4) is 11.5 Å². The standard InChI is InChI=1S/C26H34O3/c1-10-22(27)29-21-12-11-17(3)19(23(21)26(7,8)9)15-18-13-16(2)14-20(24(18)28)25(4,5)6/h10-14,28H,1,15H2,2-9H3. The summed E-state index contributed by atoms with van der Waals surface area (Å²) in [6.07, 6.45) is 1.74. The van der Waals surface area contributed by atoms with Gasteiger partial charge in [0.05, 0.1) is 0 Å². The number of phenols is 1. The molecular weight excluding hydrogens is 360 g/mol. The zero-order valence-electron chi connectivity index (χ0n) is 19.1. The number of hydrogen-bond donors (Lipinski definition) is 1. The van der Waals surface area contributed by atoms with Gasteiger partial charge in [0, 0.05) is 18.1 Å². The summed E-state index contributed by atoms with van der Waals surface area (Å²) >= 11 is 0. The van der Waals surface area contributed by atoms with Crippen molar-refractivity contribution in [1.82, 2.24) is 0 Å². The van der Waals surface area contributed by atoms with Crippen LogP contribution in [0.2, 0.25) is 0 Å². The molecule has 1 N–H and O–H groups in total. The van der Waals surface area contributed by atoms with Crippen molar-refractivity contribution < 1.29 is 14.6 Å². The van der Waals surface area contributed by atoms with Crippen LogP contribution in [-0.4, -0.2) is 11.1 Å². The number of hydrogen-bond acceptors (Lipinski definition) is 3. The number of phenolic OH excluding ortho intramolecular Hbond substituents is 1. The Labute approximate surface area is 175 Å². The Bertz CT molecular complexity index is 938. The highest BCUT2D eigenvalue weighted by Gasteiger charge is 2.27. The number of ether oxygens (including phenoxy) is 1. The number of benzene rings is 2. The van der Waals surface area contributed by atoms with Crippen molar-refractivity contribution in [2.75, 3.05) is 0 Å². The van der Waals surface area contributed by atoms with Gasteiger partial charge in [-0.25, -0.2) is 4.79 Å². The lowest BCUT2D eigenvalue weighted by atomic mass is 9.78. The Balaban J connectivity index is 2.70. The summed E-state index contributed by atoms with van der Waals surface area (Å²) in [6.45, 7) is 20.2. The number of aryl methyl sites for hydroxylation is 2. The molecule has 2 aromatic carbocycles. The van der Waals surface area contributed by atoms with E-state index in [1.54, 1.807) is 0 Å². The van der Waals surface area contributed by atoms with E-state index in [0.717, 1.165) is 33.4 Å². The molecular formula is C26H34O3. The molecule has 0 aliphatic carbocycles. The number of esters is 1. The molecule has 0 aliphatic rings. The molecule has 29 heavy (non-hydrogen) atoms. The van der Waals surface area contributed by atoms with E-state index in [4.69, 9.17) is 4.74 Å². The van der Waals surface area contributed by atoms with Crippen LogP contribution in [0, 0.1) is 13.8 Å². The van der Waals surface area contributed by atoms with Gasteiger partial charge in [0.1, 0.15) is 11.5 Å². The zero-order valence-corrected chi connectivity index (χ0v) is 19.1. The lowest BCUT2D eigenvalue weighted by Crippen LogP contribution is -2.19. The molecule has 2 rings (SSSR count). The summed E-state index contributed by atoms with van der Waals surface area (Å²) in [5, 5.41) is 11.0. The maximum Gasteiger partial charge on any atom is 0.335 e. The topological polar surface area (TPSA) is 46.5 Å². The van der Waals surface area contributed by atoms with Crippen LogP contribution in [0.1, 0.15) is 74.9 Å². The predicted molar refractivity (Wildman–Crippen MR) is 120 cm³/mol. The molecule has 3 heteroatoms. The maximum atomic E-state index is 11.9. The van der Waals surface area contributed by atoms with Crippen LogP contribution >= 0.6 is 0 Å². The fourth-order valence-corrected chi connectivity index (χ4v) is 3.77. The lowest BCUT2D eigenvalue weighted by Gasteiger charge is -2.28. The highest BCUT2D eigenvalue weighted by atomic mass is 16.5. The van der Waals surface area contributed by atoms with Gasteiger partial charge >= 0.3 is 5.97 Å². The second kappa shape index (κ2) is 8.06. The normalized spacial score (nSPS) is 12.0. The van der Waals surface area contributed by atoms with Crippen molar-refractivity contribution in [3.05, 3.63) is 70.3 Å². The van der Waals surface area contributed by atoms with Gasteiger partial charge in [0.2, 0.25) is 0 Å². The van der Waals surface area contributed by atoms with Gasteiger partial charge < -0.3 is 9.84 Å². The Morgan fingerprint density at radius 1 is 1.07 bits per heavy atom. The Kier molecular flexibility index (Phi) is 6.32. The largest absolute Gasteiger partial charge is 0.507 e. The lowest BCUT2D eigenvalue weighted by molar-refractivity contribution is -0.129. The van der Waals surface area contributed by atoms with Gasteiger partial charge in [-0.1, -0.05) is 71.9 Å². The van der Waals surface area contributed by atoms with Gasteiger partial charge in [0.25, 0.3) is 0 Å². The minimum absolute atomic E-state index is 0.159. The third kappa shape index (κ3) is 5.09. The third-order valence-corrected chi connectivity index (χ3v) is 5.14. The summed E-state index contributed by atoms with van der Waals surface area (Å²) < 4.78 is 5.57. The SMILES string of the molecule is C=CC(=O)Oc1ccc(C)c(Cc2cc(C)cc(C(C)(C)C)c2O)c1C(C)(C)C. The van der Waals surface area contributed by atoms with Crippen LogP contribution in [0.3, 0.4) is 0 Å². The van der Waals surface area contributed by atoms with E-state index in [9.17, 15) is 9.90 Å². The molecule has 0 unspecified atom stereocenters. The molecule has 0 amide bonds. The molecule has 3 nitrogen and oxygen atoms in total. The van der Waals surface area contributed by atoms with E-state index in [-0.39, 0.29) is 10.8 Å². The first-order valence-corrected chi connectivity index (χ1v) is 10.1. The highest BCUT2D eigenvalue weighted by Crippen LogP contribution is 2.40. The van der Waals surface area contributed by atoms with Gasteiger partial charge in [-0.15, -0.1) is 0 Å². The van der Waals surface area contributed by atoms with Crippen LogP contribution in [0.5, 0.6) is 11.5 Å². The summed E-state index contributed by atoms with van der Waals surface area (Å²) in [5.41, 5.74) is 5.70. The summed E-state index contributed by atoms with van der Waals surface area (Å²) in [4.78, 5) is 11.9. The molecule has 0 aliphatic heterocycles. The van der Waals surface area contributed by atoms with Gasteiger partial charge in [0.15, 0.2) is 0 Å². The average Bonchev–Trinajstić information content (AvgIpc) is 2.58. The van der Waals surface area contributed by atoms with E-state index >= 15 is 0 Å². The second-order valence-electron chi connectivity index (χ2n) is 9.86. The van der Waals surface area contributed by atoms with Gasteiger partial charge in [-0.05, 0) is 53.0 Å². The molecule has 0 spiro atoms. The van der Waals surface area contributed by atoms with Crippen molar-refractivity contribution in [3.63, 3.8) is 0 Å². The highest BCUT2D eigenvalue weighted by molar-refractivity contribution is 5.83. The van der Waals surface area contributed by atoms with Crippen molar-refractivity contribution in [2.24, 2.45) is 0 Å². The number of carbonyl (C=O) groups excluding carboxylic acids is 1. The van der Waals surface area contributed by atoms with Crippen molar-refractivity contribution in [1.29, 1.82) is 0 Å². The molecule has 2 aromatic rings. The van der Waals surface area contributed by atoms with Crippen LogP contribution in [0.4, 0.5) is 0 Å². The molecule has 0 atom stereocenters. The Morgan fingerprint density at radius 2 is 1.69 bits per heavy atom. The minimum Gasteiger partial charge on any atom is -0.507 e. The van der Waals surface area contributed by atoms with Gasteiger partial charge in [-0.3, -0.25) is 0 Å². The maximum absolute atomic E-state index is 11.9. The fourth-order valence-electron chi connectivity index (χ4n) is 3.77. The molecule has 0 saturated heterocycles. The quantitative estimate of drug-likeness (QED) is 0.377. The average molecular weight is 395 g/mol. The van der Waals surface area contributed by atoms with Crippen molar-refractivity contribution >= 4 is 5.97 Å². The molecule has 0 saturated carbocycles. The Hall–Kier alpha value is -2.55. The third-order valence-electron chi connectivity index (χ3n) is 5.14. The van der Waals surface area contributed by atoms with E-state index in [0.29, 0.717) is 17.9 Å². The van der Waals surface area contributed by atoms with Crippen LogP contribution in [-0.2, 0) is 22.0 Å².